The number of hydrogen-bond acceptors (Lipinski definition) is 1. The van der Waals surface area contributed by atoms with Gasteiger partial charge in [-0.2, -0.15) is 0 Å². The third kappa shape index (κ3) is 4.67. The van der Waals surface area contributed by atoms with E-state index in [-0.39, 0.29) is 5.69 Å². The molecule has 0 radical (unpaired) electrons. The van der Waals surface area contributed by atoms with Crippen LogP contribution in [0.25, 0.3) is 0 Å². The van der Waals surface area contributed by atoms with Gasteiger partial charge in [-0.05, 0) is 18.6 Å². The molecule has 1 aromatic rings. The minimum atomic E-state index is -0.921. The maximum Gasteiger partial charge on any atom is 0.352 e. The van der Waals surface area contributed by atoms with E-state index in [1.54, 1.807) is 12.3 Å². The number of H-pyrrole nitrogens is 1. The molecule has 0 amide bonds. The second kappa shape index (κ2) is 6.43. The molecule has 0 atom stereocenters. The Hall–Kier alpha value is -2.03. The maximum atomic E-state index is 10.0. The van der Waals surface area contributed by atoms with Gasteiger partial charge in [-0.15, -0.1) is 0 Å². The number of aromatic nitrogens is 1. The molecule has 2 rings (SSSR count). The van der Waals surface area contributed by atoms with E-state index >= 15 is 0 Å². The van der Waals surface area contributed by atoms with Crippen molar-refractivity contribution in [3.8, 4) is 0 Å². The first-order chi connectivity index (χ1) is 7.30. The highest BCUT2D eigenvalue weighted by Crippen LogP contribution is 1.92. The second-order valence-electron chi connectivity index (χ2n) is 2.87. The number of hydrogen-bond donors (Lipinski definition) is 2. The molecule has 0 saturated heterocycles. The molecule has 0 saturated carbocycles. The molecule has 0 unspecified atom stereocenters. The molecule has 1 heterocycles. The van der Waals surface area contributed by atoms with Crippen molar-refractivity contribution >= 4 is 5.97 Å². The normalized spacial score (nSPS) is 12.8. The van der Waals surface area contributed by atoms with Gasteiger partial charge >= 0.3 is 5.97 Å². The molecule has 3 heteroatoms. The fourth-order valence-electron chi connectivity index (χ4n) is 0.985. The molecule has 2 N–H and O–H groups in total. The van der Waals surface area contributed by atoms with Crippen LogP contribution >= 0.6 is 0 Å². The van der Waals surface area contributed by atoms with Crippen LogP contribution in [0.1, 0.15) is 16.9 Å². The Morgan fingerprint density at radius 3 is 2.27 bits per heavy atom. The van der Waals surface area contributed by atoms with Crippen molar-refractivity contribution < 1.29 is 9.90 Å². The fraction of sp³-hybridized carbons (Fsp3) is 0.0833. The quantitative estimate of drug-likeness (QED) is 0.737. The molecular formula is C12H13NO2. The number of nitrogens with one attached hydrogen (secondary N) is 1. The van der Waals surface area contributed by atoms with Gasteiger partial charge in [0.05, 0.1) is 0 Å². The average molecular weight is 203 g/mol. The van der Waals surface area contributed by atoms with E-state index < -0.39 is 5.97 Å². The topological polar surface area (TPSA) is 53.1 Å². The Balaban J connectivity index is 0.000000151. The van der Waals surface area contributed by atoms with Crippen LogP contribution < -0.4 is 0 Å². The average Bonchev–Trinajstić information content (AvgIpc) is 2.60. The van der Waals surface area contributed by atoms with Gasteiger partial charge in [0, 0.05) is 6.20 Å². The van der Waals surface area contributed by atoms with Gasteiger partial charge < -0.3 is 10.1 Å². The number of aromatic amines is 1. The molecule has 0 spiro atoms. The van der Waals surface area contributed by atoms with Gasteiger partial charge in [-0.1, -0.05) is 36.5 Å². The first kappa shape index (κ1) is 11.0. The van der Waals surface area contributed by atoms with Crippen LogP contribution in [-0.2, 0) is 0 Å². The van der Waals surface area contributed by atoms with Gasteiger partial charge in [-0.3, -0.25) is 0 Å². The third-order valence-electron chi connectivity index (χ3n) is 1.71. The first-order valence-corrected chi connectivity index (χ1v) is 4.65. The monoisotopic (exact) mass is 203 g/mol. The number of carboxylic acid groups (broad SMARTS) is 1. The van der Waals surface area contributed by atoms with Crippen molar-refractivity contribution in [2.75, 3.05) is 0 Å². The van der Waals surface area contributed by atoms with E-state index in [2.05, 4.69) is 29.3 Å². The smallest absolute Gasteiger partial charge is 0.352 e. The van der Waals surface area contributed by atoms with E-state index in [4.69, 9.17) is 5.11 Å². The Morgan fingerprint density at radius 2 is 1.87 bits per heavy atom. The zero-order chi connectivity index (χ0) is 10.9. The Kier molecular flexibility index (Phi) is 4.73. The lowest BCUT2D eigenvalue weighted by molar-refractivity contribution is 0.0691. The standard InChI is InChI=1S/C7H8.C5H5NO2/c1-2-4-6-7-5-3-1;7-5(8)4-2-1-3-6-4/h1-6H,7H2;1-3,6H,(H,7,8). The zero-order valence-corrected chi connectivity index (χ0v) is 8.26. The Labute approximate surface area is 88.4 Å². The Bertz CT molecular complexity index is 358. The zero-order valence-electron chi connectivity index (χ0n) is 8.26. The lowest BCUT2D eigenvalue weighted by Gasteiger charge is -1.80. The van der Waals surface area contributed by atoms with E-state index in [1.165, 1.54) is 6.07 Å². The van der Waals surface area contributed by atoms with E-state index in [0.29, 0.717) is 0 Å². The summed E-state index contributed by atoms with van der Waals surface area (Å²) in [5.41, 5.74) is 0.227. The summed E-state index contributed by atoms with van der Waals surface area (Å²) < 4.78 is 0. The van der Waals surface area contributed by atoms with E-state index in [9.17, 15) is 4.79 Å². The SMILES string of the molecule is C1=CC=CCC=C1.O=C(O)c1ccc[nH]1. The van der Waals surface area contributed by atoms with Gasteiger partial charge in [0.1, 0.15) is 5.69 Å². The van der Waals surface area contributed by atoms with Crippen LogP contribution in [0, 0.1) is 0 Å². The third-order valence-corrected chi connectivity index (χ3v) is 1.71. The number of carboxylic acids is 1. The molecule has 3 nitrogen and oxygen atoms in total. The highest BCUT2D eigenvalue weighted by Gasteiger charge is 1.98. The predicted octanol–water partition coefficient (Wildman–Crippen LogP) is 2.77. The van der Waals surface area contributed by atoms with Crippen LogP contribution in [-0.4, -0.2) is 16.1 Å². The largest absolute Gasteiger partial charge is 0.477 e. The summed E-state index contributed by atoms with van der Waals surface area (Å²) in [5, 5.41) is 8.24. The lowest BCUT2D eigenvalue weighted by atomic mass is 10.4. The molecule has 1 aliphatic rings. The summed E-state index contributed by atoms with van der Waals surface area (Å²) in [7, 11) is 0. The summed E-state index contributed by atoms with van der Waals surface area (Å²) in [6.45, 7) is 0. The predicted molar refractivity (Wildman–Crippen MR) is 59.8 cm³/mol. The van der Waals surface area contributed by atoms with Gasteiger partial charge in [0.25, 0.3) is 0 Å². The summed E-state index contributed by atoms with van der Waals surface area (Å²) in [5.74, 6) is -0.921. The highest BCUT2D eigenvalue weighted by atomic mass is 16.4. The molecule has 0 bridgehead atoms. The number of rotatable bonds is 1. The lowest BCUT2D eigenvalue weighted by Crippen LogP contribution is -1.94. The molecule has 15 heavy (non-hydrogen) atoms. The van der Waals surface area contributed by atoms with Crippen LogP contribution in [0.3, 0.4) is 0 Å². The molecule has 0 aromatic carbocycles. The van der Waals surface area contributed by atoms with Gasteiger partial charge in [0.2, 0.25) is 0 Å². The van der Waals surface area contributed by atoms with Crippen LogP contribution in [0.5, 0.6) is 0 Å². The van der Waals surface area contributed by atoms with E-state index in [1.807, 2.05) is 12.2 Å². The van der Waals surface area contributed by atoms with Gasteiger partial charge in [-0.25, -0.2) is 4.79 Å². The second-order valence-corrected chi connectivity index (χ2v) is 2.87. The van der Waals surface area contributed by atoms with Crippen molar-refractivity contribution in [3.05, 3.63) is 60.5 Å². The fourth-order valence-corrected chi connectivity index (χ4v) is 0.985. The highest BCUT2D eigenvalue weighted by molar-refractivity contribution is 5.85. The molecule has 1 aliphatic carbocycles. The molecule has 0 fully saturated rings. The van der Waals surface area contributed by atoms with Gasteiger partial charge in [0.15, 0.2) is 0 Å². The van der Waals surface area contributed by atoms with Crippen LogP contribution in [0.15, 0.2) is 54.8 Å². The van der Waals surface area contributed by atoms with Crippen LogP contribution in [0.4, 0.5) is 0 Å². The minimum absolute atomic E-state index is 0.227. The Morgan fingerprint density at radius 1 is 1.20 bits per heavy atom. The van der Waals surface area contributed by atoms with E-state index in [0.717, 1.165) is 6.42 Å². The minimum Gasteiger partial charge on any atom is -0.477 e. The van der Waals surface area contributed by atoms with Crippen molar-refractivity contribution in [1.29, 1.82) is 0 Å². The van der Waals surface area contributed by atoms with Crippen molar-refractivity contribution in [2.45, 2.75) is 6.42 Å². The van der Waals surface area contributed by atoms with Crippen LogP contribution in [0.2, 0.25) is 0 Å². The van der Waals surface area contributed by atoms with Crippen molar-refractivity contribution in [2.24, 2.45) is 0 Å². The number of aromatic carboxylic acids is 1. The number of allylic oxidation sites excluding steroid dienone is 6. The summed E-state index contributed by atoms with van der Waals surface area (Å²) >= 11 is 0. The summed E-state index contributed by atoms with van der Waals surface area (Å²) in [6, 6.07) is 3.14. The summed E-state index contributed by atoms with van der Waals surface area (Å²) in [4.78, 5) is 12.6. The number of carbonyl (C=O) groups is 1. The molecular weight excluding hydrogens is 190 g/mol. The first-order valence-electron chi connectivity index (χ1n) is 4.65. The van der Waals surface area contributed by atoms with Crippen molar-refractivity contribution in [1.82, 2.24) is 4.98 Å². The molecule has 78 valence electrons. The maximum absolute atomic E-state index is 10.0. The summed E-state index contributed by atoms with van der Waals surface area (Å²) in [6.07, 6.45) is 15.1. The van der Waals surface area contributed by atoms with Crippen molar-refractivity contribution in [3.63, 3.8) is 0 Å². The molecule has 0 aliphatic heterocycles. The molecule has 1 aromatic heterocycles.